The summed E-state index contributed by atoms with van der Waals surface area (Å²) in [6, 6.07) is 4.04. The van der Waals surface area contributed by atoms with Crippen molar-refractivity contribution in [1.82, 2.24) is 9.97 Å². The van der Waals surface area contributed by atoms with E-state index in [9.17, 15) is 9.90 Å². The molecule has 3 heterocycles. The number of carboxylic acid groups (broad SMARTS) is 1. The molecule has 1 aliphatic heterocycles. The first-order chi connectivity index (χ1) is 16.3. The van der Waals surface area contributed by atoms with Crippen molar-refractivity contribution in [3.8, 4) is 11.1 Å². The van der Waals surface area contributed by atoms with Crippen LogP contribution in [0.25, 0.3) is 17.2 Å². The van der Waals surface area contributed by atoms with Crippen LogP contribution >= 0.6 is 0 Å². The van der Waals surface area contributed by atoms with E-state index in [1.165, 1.54) is 0 Å². The van der Waals surface area contributed by atoms with Gasteiger partial charge in [0.1, 0.15) is 0 Å². The van der Waals surface area contributed by atoms with Crippen molar-refractivity contribution in [3.63, 3.8) is 0 Å². The number of aryl methyl sites for hydroxylation is 1. The molecule has 0 unspecified atom stereocenters. The van der Waals surface area contributed by atoms with E-state index >= 15 is 0 Å². The summed E-state index contributed by atoms with van der Waals surface area (Å²) >= 11 is 0. The van der Waals surface area contributed by atoms with Crippen molar-refractivity contribution in [1.29, 1.82) is 0 Å². The average molecular weight is 480 g/mol. The summed E-state index contributed by atoms with van der Waals surface area (Å²) in [7, 11) is 0. The van der Waals surface area contributed by atoms with E-state index in [0.717, 1.165) is 48.4 Å². The second-order valence-electron chi connectivity index (χ2n) is 11.7. The van der Waals surface area contributed by atoms with E-state index in [1.807, 2.05) is 58.3 Å². The van der Waals surface area contributed by atoms with Crippen molar-refractivity contribution in [3.05, 3.63) is 47.6 Å². The zero-order valence-electron chi connectivity index (χ0n) is 22.6. The smallest absolute Gasteiger partial charge is 0.337 e. The maximum atomic E-state index is 12.5. The maximum Gasteiger partial charge on any atom is 0.337 e. The topological polar surface area (TPSA) is 75.5 Å². The molecule has 0 bridgehead atoms. The molecule has 6 nitrogen and oxygen atoms in total. The van der Waals surface area contributed by atoms with Gasteiger partial charge in [-0.1, -0.05) is 39.8 Å². The largest absolute Gasteiger partial charge is 0.479 e. The summed E-state index contributed by atoms with van der Waals surface area (Å²) in [6.45, 7) is 18.1. The minimum atomic E-state index is -1.12. The Labute approximate surface area is 210 Å². The first kappa shape index (κ1) is 26.9. The van der Waals surface area contributed by atoms with Crippen LogP contribution in [0, 0.1) is 18.3 Å². The van der Waals surface area contributed by atoms with Gasteiger partial charge in [-0.25, -0.2) is 4.79 Å². The van der Waals surface area contributed by atoms with Crippen LogP contribution in [0.5, 0.6) is 0 Å². The van der Waals surface area contributed by atoms with Crippen LogP contribution in [0.3, 0.4) is 0 Å². The number of aliphatic carboxylic acids is 1. The summed E-state index contributed by atoms with van der Waals surface area (Å²) in [5.74, 6) is -0.557. The third kappa shape index (κ3) is 6.91. The van der Waals surface area contributed by atoms with Crippen LogP contribution in [0.2, 0.25) is 0 Å². The highest BCUT2D eigenvalue weighted by atomic mass is 16.5. The van der Waals surface area contributed by atoms with E-state index in [-0.39, 0.29) is 5.41 Å². The molecule has 0 amide bonds. The number of pyridine rings is 2. The Morgan fingerprint density at radius 3 is 2.31 bits per heavy atom. The molecule has 6 heteroatoms. The standard InChI is InChI=1S/C29H41N3O3/c1-19(2)9-11-22-12-10-21(17-31-22)23-18-30-20(3)24(26(27(33)34)35-28(4,5)6)25(23)32-15-13-29(7,8)14-16-32/h9-12,17-19,26H,13-16H2,1-8H3,(H,33,34)/b11-9-/t26-/m0/s1. The zero-order chi connectivity index (χ0) is 26.0. The molecule has 190 valence electrons. The molecule has 0 aliphatic carbocycles. The molecule has 1 atom stereocenters. The Morgan fingerprint density at radius 1 is 1.14 bits per heavy atom. The lowest BCUT2D eigenvalue weighted by Gasteiger charge is -2.40. The first-order valence-electron chi connectivity index (χ1n) is 12.6. The number of allylic oxidation sites excluding steroid dienone is 1. The van der Waals surface area contributed by atoms with Crippen molar-refractivity contribution in [2.24, 2.45) is 11.3 Å². The van der Waals surface area contributed by atoms with Crippen LogP contribution in [0.15, 0.2) is 30.6 Å². The van der Waals surface area contributed by atoms with Crippen LogP contribution in [-0.2, 0) is 9.53 Å². The normalized spacial score (nSPS) is 17.2. The summed E-state index contributed by atoms with van der Waals surface area (Å²) in [6.07, 6.45) is 8.80. The summed E-state index contributed by atoms with van der Waals surface area (Å²) in [4.78, 5) is 24.1. The number of anilines is 1. The molecule has 35 heavy (non-hydrogen) atoms. The maximum absolute atomic E-state index is 12.5. The van der Waals surface area contributed by atoms with E-state index in [0.29, 0.717) is 17.2 Å². The lowest BCUT2D eigenvalue weighted by Crippen LogP contribution is -2.39. The van der Waals surface area contributed by atoms with Gasteiger partial charge in [0.25, 0.3) is 0 Å². The summed E-state index contributed by atoms with van der Waals surface area (Å²) in [5.41, 5.74) is 4.54. The van der Waals surface area contributed by atoms with Crippen LogP contribution in [0.1, 0.15) is 84.4 Å². The number of hydrogen-bond acceptors (Lipinski definition) is 5. The molecule has 0 spiro atoms. The lowest BCUT2D eigenvalue weighted by molar-refractivity contribution is -0.160. The minimum Gasteiger partial charge on any atom is -0.479 e. The number of nitrogens with zero attached hydrogens (tertiary/aromatic N) is 3. The molecule has 0 radical (unpaired) electrons. The molecular formula is C29H41N3O3. The Kier molecular flexibility index (Phi) is 8.05. The van der Waals surface area contributed by atoms with Crippen LogP contribution in [-0.4, -0.2) is 39.7 Å². The van der Waals surface area contributed by atoms with Gasteiger partial charge in [0.2, 0.25) is 0 Å². The van der Waals surface area contributed by atoms with Gasteiger partial charge in [-0.3, -0.25) is 9.97 Å². The Hall–Kier alpha value is -2.73. The quantitative estimate of drug-likeness (QED) is 0.477. The van der Waals surface area contributed by atoms with Crippen molar-refractivity contribution < 1.29 is 14.6 Å². The van der Waals surface area contributed by atoms with Gasteiger partial charge < -0.3 is 14.7 Å². The Morgan fingerprint density at radius 2 is 1.80 bits per heavy atom. The fourth-order valence-corrected chi connectivity index (χ4v) is 4.35. The molecule has 1 fully saturated rings. The van der Waals surface area contributed by atoms with E-state index < -0.39 is 17.7 Å². The number of aromatic nitrogens is 2. The van der Waals surface area contributed by atoms with Crippen molar-refractivity contribution in [2.75, 3.05) is 18.0 Å². The van der Waals surface area contributed by atoms with Gasteiger partial charge in [0, 0.05) is 47.9 Å². The van der Waals surface area contributed by atoms with Crippen LogP contribution < -0.4 is 4.90 Å². The van der Waals surface area contributed by atoms with E-state index in [1.54, 1.807) is 0 Å². The van der Waals surface area contributed by atoms with Crippen molar-refractivity contribution >= 4 is 17.7 Å². The highest BCUT2D eigenvalue weighted by Gasteiger charge is 2.35. The summed E-state index contributed by atoms with van der Waals surface area (Å²) in [5, 5.41) is 10.2. The molecular weight excluding hydrogens is 438 g/mol. The molecule has 1 saturated heterocycles. The Balaban J connectivity index is 2.17. The van der Waals surface area contributed by atoms with E-state index in [4.69, 9.17) is 4.74 Å². The molecule has 3 rings (SSSR count). The Bertz CT molecular complexity index is 1060. The third-order valence-corrected chi connectivity index (χ3v) is 6.43. The lowest BCUT2D eigenvalue weighted by atomic mass is 9.82. The van der Waals surface area contributed by atoms with Crippen LogP contribution in [0.4, 0.5) is 5.69 Å². The molecule has 0 aromatic carbocycles. The number of ether oxygens (including phenoxy) is 1. The number of carbonyl (C=O) groups is 1. The fourth-order valence-electron chi connectivity index (χ4n) is 4.35. The SMILES string of the molecule is Cc1ncc(-c2ccc(/C=C\C(C)C)nc2)c(N2CCC(C)(C)CC2)c1[C@H](OC(C)(C)C)C(=O)O. The fraction of sp³-hybridized carbons (Fsp3) is 0.552. The highest BCUT2D eigenvalue weighted by Crippen LogP contribution is 2.43. The monoisotopic (exact) mass is 479 g/mol. The molecule has 0 saturated carbocycles. The van der Waals surface area contributed by atoms with Gasteiger partial charge in [-0.15, -0.1) is 0 Å². The predicted octanol–water partition coefficient (Wildman–Crippen LogP) is 6.69. The minimum absolute atomic E-state index is 0.263. The number of carboxylic acids is 1. The second-order valence-corrected chi connectivity index (χ2v) is 11.7. The van der Waals surface area contributed by atoms with Crippen molar-refractivity contribution in [2.45, 2.75) is 79.9 Å². The molecule has 1 N–H and O–H groups in total. The molecule has 2 aromatic rings. The van der Waals surface area contributed by atoms with Gasteiger partial charge in [-0.05, 0) is 64.0 Å². The highest BCUT2D eigenvalue weighted by molar-refractivity contribution is 5.86. The number of rotatable bonds is 7. The molecule has 1 aliphatic rings. The predicted molar refractivity (Wildman–Crippen MR) is 143 cm³/mol. The molecule has 2 aromatic heterocycles. The number of hydrogen-bond donors (Lipinski definition) is 1. The average Bonchev–Trinajstić information content (AvgIpc) is 2.76. The zero-order valence-corrected chi connectivity index (χ0v) is 22.6. The van der Waals surface area contributed by atoms with Gasteiger partial charge in [-0.2, -0.15) is 0 Å². The second kappa shape index (κ2) is 10.5. The third-order valence-electron chi connectivity index (χ3n) is 6.43. The summed E-state index contributed by atoms with van der Waals surface area (Å²) < 4.78 is 6.11. The van der Waals surface area contributed by atoms with Gasteiger partial charge >= 0.3 is 5.97 Å². The number of piperidine rings is 1. The first-order valence-corrected chi connectivity index (χ1v) is 12.6. The van der Waals surface area contributed by atoms with Gasteiger partial charge in [0.05, 0.1) is 17.0 Å². The van der Waals surface area contributed by atoms with E-state index in [2.05, 4.69) is 48.6 Å². The van der Waals surface area contributed by atoms with Gasteiger partial charge in [0.15, 0.2) is 6.10 Å².